The standard InChI is InChI=1S/C18H20O3.C6H12N2O/c1-4-13(6-8-17(19)20)11-14-5-7-16-15(12-14)9-10-18(2,3)21-16;7-6(9)8-4-2-1-3-5-8/h5-12H,4H2,1-3H3,(H,19,20);1-5H2,(H2,7,9)/b8-6+,13-11+;. The molecule has 0 saturated carbocycles. The second-order valence-electron chi connectivity index (χ2n) is 7.97. The number of hydrogen-bond donors (Lipinski definition) is 2. The molecular weight excluding hydrogens is 380 g/mol. The van der Waals surface area contributed by atoms with E-state index >= 15 is 0 Å². The molecule has 0 aliphatic carbocycles. The van der Waals surface area contributed by atoms with E-state index < -0.39 is 5.97 Å². The Labute approximate surface area is 178 Å². The highest BCUT2D eigenvalue weighted by molar-refractivity contribution is 5.81. The highest BCUT2D eigenvalue weighted by atomic mass is 16.5. The predicted octanol–water partition coefficient (Wildman–Crippen LogP) is 4.86. The molecule has 0 bridgehead atoms. The fraction of sp³-hybridized carbons (Fsp3) is 0.417. The summed E-state index contributed by atoms with van der Waals surface area (Å²) in [6, 6.07) is 5.72. The van der Waals surface area contributed by atoms with Gasteiger partial charge in [0, 0.05) is 24.7 Å². The normalized spacial score (nSPS) is 17.6. The maximum atomic E-state index is 10.6. The Kier molecular flexibility index (Phi) is 8.27. The average Bonchev–Trinajstić information content (AvgIpc) is 2.71. The van der Waals surface area contributed by atoms with Gasteiger partial charge in [0.1, 0.15) is 11.4 Å². The van der Waals surface area contributed by atoms with Crippen molar-refractivity contribution in [2.24, 2.45) is 5.73 Å². The minimum absolute atomic E-state index is 0.269. The molecule has 162 valence electrons. The summed E-state index contributed by atoms with van der Waals surface area (Å²) < 4.78 is 5.89. The van der Waals surface area contributed by atoms with Gasteiger partial charge < -0.3 is 20.5 Å². The van der Waals surface area contributed by atoms with Gasteiger partial charge in [-0.2, -0.15) is 0 Å². The zero-order valence-electron chi connectivity index (χ0n) is 18.1. The van der Waals surface area contributed by atoms with Crippen LogP contribution in [0.3, 0.4) is 0 Å². The van der Waals surface area contributed by atoms with Crippen molar-refractivity contribution >= 4 is 24.2 Å². The molecular formula is C24H32N2O4. The van der Waals surface area contributed by atoms with Gasteiger partial charge in [-0.05, 0) is 68.9 Å². The lowest BCUT2D eigenvalue weighted by molar-refractivity contribution is -0.131. The summed E-state index contributed by atoms with van der Waals surface area (Å²) in [4.78, 5) is 22.8. The highest BCUT2D eigenvalue weighted by Crippen LogP contribution is 2.31. The molecule has 0 spiro atoms. The third-order valence-electron chi connectivity index (χ3n) is 4.94. The van der Waals surface area contributed by atoms with Gasteiger partial charge in [-0.1, -0.05) is 31.2 Å². The molecule has 3 N–H and O–H groups in total. The number of fused-ring (bicyclic) bond motifs is 1. The van der Waals surface area contributed by atoms with E-state index in [1.54, 1.807) is 11.0 Å². The number of urea groups is 1. The monoisotopic (exact) mass is 412 g/mol. The first kappa shape index (κ1) is 23.3. The summed E-state index contributed by atoms with van der Waals surface area (Å²) in [5, 5.41) is 8.69. The minimum atomic E-state index is -0.932. The maximum Gasteiger partial charge on any atom is 0.328 e. The zero-order chi connectivity index (χ0) is 22.1. The van der Waals surface area contributed by atoms with Crippen molar-refractivity contribution in [1.29, 1.82) is 0 Å². The number of allylic oxidation sites excluding steroid dienone is 2. The number of carbonyl (C=O) groups is 2. The van der Waals surface area contributed by atoms with Crippen LogP contribution in [0.2, 0.25) is 0 Å². The van der Waals surface area contributed by atoms with Crippen LogP contribution in [-0.4, -0.2) is 40.7 Å². The molecule has 6 nitrogen and oxygen atoms in total. The third kappa shape index (κ3) is 7.43. The number of carbonyl (C=O) groups excluding carboxylic acids is 1. The van der Waals surface area contributed by atoms with Crippen LogP contribution in [0.4, 0.5) is 4.79 Å². The van der Waals surface area contributed by atoms with Crippen molar-refractivity contribution < 1.29 is 19.4 Å². The second-order valence-corrected chi connectivity index (χ2v) is 7.97. The quantitative estimate of drug-likeness (QED) is 0.546. The van der Waals surface area contributed by atoms with Crippen LogP contribution < -0.4 is 10.5 Å². The van der Waals surface area contributed by atoms with Crippen LogP contribution in [-0.2, 0) is 4.79 Å². The van der Waals surface area contributed by atoms with E-state index in [-0.39, 0.29) is 11.6 Å². The minimum Gasteiger partial charge on any atom is -0.483 e. The van der Waals surface area contributed by atoms with Crippen LogP contribution in [0.25, 0.3) is 12.2 Å². The molecule has 2 amide bonds. The molecule has 0 radical (unpaired) electrons. The SMILES string of the molecule is CCC(/C=C/C(=O)O)=C\c1ccc2c(c1)C=CC(C)(C)O2.NC(=O)N1CCCCC1. The van der Waals surface area contributed by atoms with E-state index in [1.165, 1.54) is 12.5 Å². The Bertz CT molecular complexity index is 847. The largest absolute Gasteiger partial charge is 0.483 e. The number of nitrogens with zero attached hydrogens (tertiary/aromatic N) is 1. The number of benzene rings is 1. The van der Waals surface area contributed by atoms with E-state index in [4.69, 9.17) is 15.6 Å². The lowest BCUT2D eigenvalue weighted by Gasteiger charge is -2.27. The van der Waals surface area contributed by atoms with Crippen molar-refractivity contribution in [3.63, 3.8) is 0 Å². The van der Waals surface area contributed by atoms with Gasteiger partial charge in [-0.3, -0.25) is 0 Å². The topological polar surface area (TPSA) is 92.9 Å². The Hall–Kier alpha value is -3.02. The molecule has 2 aliphatic rings. The van der Waals surface area contributed by atoms with E-state index in [0.29, 0.717) is 0 Å². The number of carboxylic acids is 1. The van der Waals surface area contributed by atoms with Crippen molar-refractivity contribution in [2.45, 2.75) is 52.1 Å². The molecule has 3 rings (SSSR count). The lowest BCUT2D eigenvalue weighted by atomic mass is 9.99. The Morgan fingerprint density at radius 1 is 1.20 bits per heavy atom. The van der Waals surface area contributed by atoms with Crippen LogP contribution >= 0.6 is 0 Å². The third-order valence-corrected chi connectivity index (χ3v) is 4.94. The first-order valence-corrected chi connectivity index (χ1v) is 10.4. The van der Waals surface area contributed by atoms with Crippen molar-refractivity contribution in [2.75, 3.05) is 13.1 Å². The van der Waals surface area contributed by atoms with Gasteiger partial charge in [0.2, 0.25) is 0 Å². The van der Waals surface area contributed by atoms with Crippen molar-refractivity contribution in [3.05, 3.63) is 53.1 Å². The molecule has 0 aromatic heterocycles. The molecule has 0 atom stereocenters. The van der Waals surface area contributed by atoms with Crippen LogP contribution in [0.1, 0.15) is 57.6 Å². The molecule has 0 unspecified atom stereocenters. The number of primary amides is 1. The highest BCUT2D eigenvalue weighted by Gasteiger charge is 2.21. The van der Waals surface area contributed by atoms with Crippen molar-refractivity contribution in [1.82, 2.24) is 4.90 Å². The first-order valence-electron chi connectivity index (χ1n) is 10.4. The van der Waals surface area contributed by atoms with E-state index in [9.17, 15) is 9.59 Å². The summed E-state index contributed by atoms with van der Waals surface area (Å²) in [5.41, 5.74) is 7.83. The molecule has 6 heteroatoms. The maximum absolute atomic E-state index is 10.6. The Morgan fingerprint density at radius 3 is 2.47 bits per heavy atom. The fourth-order valence-electron chi connectivity index (χ4n) is 3.26. The second kappa shape index (κ2) is 10.7. The molecule has 1 aromatic rings. The Morgan fingerprint density at radius 2 is 1.90 bits per heavy atom. The molecule has 30 heavy (non-hydrogen) atoms. The van der Waals surface area contributed by atoms with Gasteiger partial charge in [-0.25, -0.2) is 9.59 Å². The number of likely N-dealkylation sites (tertiary alicyclic amines) is 1. The van der Waals surface area contributed by atoms with Crippen LogP contribution in [0.15, 0.2) is 42.0 Å². The summed E-state index contributed by atoms with van der Waals surface area (Å²) in [5.74, 6) is -0.0582. The summed E-state index contributed by atoms with van der Waals surface area (Å²) in [6.45, 7) is 7.75. The predicted molar refractivity (Wildman–Crippen MR) is 120 cm³/mol. The van der Waals surface area contributed by atoms with Crippen molar-refractivity contribution in [3.8, 4) is 5.75 Å². The molecule has 2 heterocycles. The smallest absolute Gasteiger partial charge is 0.328 e. The number of carboxylic acid groups (broad SMARTS) is 1. The number of amides is 2. The van der Waals surface area contributed by atoms with Crippen LogP contribution in [0, 0.1) is 0 Å². The number of rotatable bonds is 4. The van der Waals surface area contributed by atoms with E-state index in [1.807, 2.05) is 51.1 Å². The Balaban J connectivity index is 0.000000297. The zero-order valence-corrected chi connectivity index (χ0v) is 18.1. The summed E-state index contributed by atoms with van der Waals surface area (Å²) in [7, 11) is 0. The van der Waals surface area contributed by atoms with Gasteiger partial charge in [-0.15, -0.1) is 0 Å². The number of aliphatic carboxylic acids is 1. The summed E-state index contributed by atoms with van der Waals surface area (Å²) >= 11 is 0. The van der Waals surface area contributed by atoms with Crippen LogP contribution in [0.5, 0.6) is 5.75 Å². The number of hydrogen-bond acceptors (Lipinski definition) is 3. The van der Waals surface area contributed by atoms with Gasteiger partial charge >= 0.3 is 12.0 Å². The first-order chi connectivity index (χ1) is 14.2. The van der Waals surface area contributed by atoms with Gasteiger partial charge in [0.15, 0.2) is 0 Å². The molecule has 1 saturated heterocycles. The lowest BCUT2D eigenvalue weighted by Crippen LogP contribution is -2.39. The molecule has 1 aromatic carbocycles. The van der Waals surface area contributed by atoms with Gasteiger partial charge in [0.05, 0.1) is 0 Å². The fourth-order valence-corrected chi connectivity index (χ4v) is 3.26. The summed E-state index contributed by atoms with van der Waals surface area (Å²) in [6.07, 6.45) is 13.1. The number of ether oxygens (including phenoxy) is 1. The average molecular weight is 413 g/mol. The molecule has 1 fully saturated rings. The molecule has 2 aliphatic heterocycles. The van der Waals surface area contributed by atoms with E-state index in [2.05, 4.69) is 6.08 Å². The number of piperidine rings is 1. The van der Waals surface area contributed by atoms with E-state index in [0.717, 1.165) is 54.8 Å². The number of nitrogens with two attached hydrogens (primary N) is 1. The van der Waals surface area contributed by atoms with Gasteiger partial charge in [0.25, 0.3) is 0 Å².